The van der Waals surface area contributed by atoms with Crippen LogP contribution in [-0.4, -0.2) is 32.3 Å². The van der Waals surface area contributed by atoms with Gasteiger partial charge in [0.2, 0.25) is 5.75 Å². The average molecular weight is 582 g/mol. The molecule has 1 aliphatic heterocycles. The normalized spacial score (nSPS) is 14.2. The fourth-order valence-corrected chi connectivity index (χ4v) is 4.82. The number of nitro benzene ring substituents is 2. The van der Waals surface area contributed by atoms with Crippen LogP contribution in [0.25, 0.3) is 11.8 Å². The number of hydrogen-bond donors (Lipinski definition) is 1. The molecule has 43 heavy (non-hydrogen) atoms. The Bertz CT molecular complexity index is 1870. The number of carbonyl (C=O) groups excluding carboxylic acids is 3. The van der Waals surface area contributed by atoms with E-state index in [4.69, 9.17) is 4.74 Å². The molecule has 0 aliphatic carbocycles. The molecule has 1 fully saturated rings. The summed E-state index contributed by atoms with van der Waals surface area (Å²) in [6, 6.07) is 17.5. The molecule has 1 aliphatic rings. The third-order valence-electron chi connectivity index (χ3n) is 6.90. The van der Waals surface area contributed by atoms with Crippen molar-refractivity contribution < 1.29 is 29.0 Å². The highest BCUT2D eigenvalue weighted by Gasteiger charge is 2.37. The van der Waals surface area contributed by atoms with E-state index in [1.54, 1.807) is 68.4 Å². The molecule has 0 saturated carbocycles. The molecule has 0 unspecified atom stereocenters. The van der Waals surface area contributed by atoms with Gasteiger partial charge in [-0.1, -0.05) is 18.2 Å². The molecule has 4 amide bonds. The maximum absolute atomic E-state index is 13.4. The van der Waals surface area contributed by atoms with Crippen molar-refractivity contribution in [2.45, 2.75) is 20.8 Å². The molecule has 1 saturated heterocycles. The summed E-state index contributed by atoms with van der Waals surface area (Å²) in [5, 5.41) is 24.7. The minimum absolute atomic E-state index is 0.153. The summed E-state index contributed by atoms with van der Waals surface area (Å²) in [5.41, 5.74) is 2.64. The standard InChI is InChI=1S/C30H23N5O8/c1-17-6-4-5-7-25(17)33-29(37)24(28(36)31-30(33)38)15-20-14-18(2)32(19(20)3)21-8-11-23(12-9-21)43-27-13-10-22(34(39)40)16-26(27)35(41)42/h4-16H,1-3H3,(H,31,36,38)/b24-15+. The minimum Gasteiger partial charge on any atom is -0.450 e. The third-order valence-corrected chi connectivity index (χ3v) is 6.90. The number of imide groups is 2. The van der Waals surface area contributed by atoms with Crippen LogP contribution in [0.2, 0.25) is 0 Å². The quantitative estimate of drug-likeness (QED) is 0.126. The smallest absolute Gasteiger partial charge is 0.335 e. The molecule has 3 aromatic carbocycles. The number of nitrogens with one attached hydrogen (secondary N) is 1. The Kier molecular flexibility index (Phi) is 7.30. The van der Waals surface area contributed by atoms with Crippen LogP contribution in [0, 0.1) is 41.0 Å². The molecule has 5 rings (SSSR count). The second-order valence-corrected chi connectivity index (χ2v) is 9.67. The van der Waals surface area contributed by atoms with E-state index in [2.05, 4.69) is 5.32 Å². The molecule has 216 valence electrons. The number of ether oxygens (including phenoxy) is 1. The molecule has 0 atom stereocenters. The summed E-state index contributed by atoms with van der Waals surface area (Å²) in [7, 11) is 0. The Morgan fingerprint density at radius 2 is 1.56 bits per heavy atom. The van der Waals surface area contributed by atoms with Gasteiger partial charge in [0.25, 0.3) is 17.5 Å². The zero-order valence-electron chi connectivity index (χ0n) is 23.1. The number of rotatable bonds is 7. The number of nitro groups is 2. The van der Waals surface area contributed by atoms with E-state index >= 15 is 0 Å². The second-order valence-electron chi connectivity index (χ2n) is 9.67. The SMILES string of the molecule is Cc1ccccc1N1C(=O)NC(=O)/C(=C\c2cc(C)n(-c3ccc(Oc4ccc([N+](=O)[O-])cc4[N+](=O)[O-])cc3)c2C)C1=O. The number of amides is 4. The van der Waals surface area contributed by atoms with E-state index in [0.717, 1.165) is 22.7 Å². The van der Waals surface area contributed by atoms with Crippen molar-refractivity contribution in [1.29, 1.82) is 0 Å². The number of carbonyl (C=O) groups is 3. The summed E-state index contributed by atoms with van der Waals surface area (Å²) in [6.07, 6.45) is 1.44. The number of aromatic nitrogens is 1. The summed E-state index contributed by atoms with van der Waals surface area (Å²) in [6.45, 7) is 5.40. The topological polar surface area (TPSA) is 167 Å². The Balaban J connectivity index is 1.44. The van der Waals surface area contributed by atoms with Gasteiger partial charge in [0.05, 0.1) is 21.6 Å². The first kappa shape index (κ1) is 28.4. The first-order valence-corrected chi connectivity index (χ1v) is 12.8. The van der Waals surface area contributed by atoms with Gasteiger partial charge in [0.1, 0.15) is 11.3 Å². The molecule has 1 N–H and O–H groups in total. The van der Waals surface area contributed by atoms with Gasteiger partial charge < -0.3 is 9.30 Å². The lowest BCUT2D eigenvalue weighted by Crippen LogP contribution is -2.54. The van der Waals surface area contributed by atoms with E-state index in [-0.39, 0.29) is 17.1 Å². The van der Waals surface area contributed by atoms with Crippen molar-refractivity contribution in [1.82, 2.24) is 9.88 Å². The van der Waals surface area contributed by atoms with Crippen molar-refractivity contribution in [3.05, 3.63) is 121 Å². The van der Waals surface area contributed by atoms with Crippen molar-refractivity contribution >= 4 is 41.0 Å². The van der Waals surface area contributed by atoms with Crippen LogP contribution in [0.5, 0.6) is 11.5 Å². The summed E-state index contributed by atoms with van der Waals surface area (Å²) in [5.74, 6) is -1.43. The number of nitrogens with zero attached hydrogens (tertiary/aromatic N) is 4. The molecule has 13 nitrogen and oxygen atoms in total. The van der Waals surface area contributed by atoms with Gasteiger partial charge in [0, 0.05) is 23.1 Å². The summed E-state index contributed by atoms with van der Waals surface area (Å²) in [4.78, 5) is 60.6. The fourth-order valence-electron chi connectivity index (χ4n) is 4.82. The Morgan fingerprint density at radius 3 is 2.21 bits per heavy atom. The molecule has 1 aromatic heterocycles. The van der Waals surface area contributed by atoms with Gasteiger partial charge >= 0.3 is 11.7 Å². The van der Waals surface area contributed by atoms with Crippen LogP contribution in [0.15, 0.2) is 78.4 Å². The van der Waals surface area contributed by atoms with Crippen LogP contribution in [0.4, 0.5) is 21.9 Å². The largest absolute Gasteiger partial charge is 0.450 e. The second kappa shape index (κ2) is 11.0. The lowest BCUT2D eigenvalue weighted by Gasteiger charge is -2.27. The van der Waals surface area contributed by atoms with E-state index in [1.807, 2.05) is 11.5 Å². The summed E-state index contributed by atoms with van der Waals surface area (Å²) >= 11 is 0. The molecule has 0 bridgehead atoms. The fraction of sp³-hybridized carbons (Fsp3) is 0.100. The molecular weight excluding hydrogens is 558 g/mol. The van der Waals surface area contributed by atoms with E-state index < -0.39 is 39.1 Å². The monoisotopic (exact) mass is 581 g/mol. The average Bonchev–Trinajstić information content (AvgIpc) is 3.24. The predicted octanol–water partition coefficient (Wildman–Crippen LogP) is 5.68. The Labute approximate surface area is 243 Å². The first-order chi connectivity index (χ1) is 20.5. The number of barbiturate groups is 1. The zero-order valence-corrected chi connectivity index (χ0v) is 23.1. The van der Waals surface area contributed by atoms with Crippen molar-refractivity contribution in [3.8, 4) is 17.2 Å². The van der Waals surface area contributed by atoms with E-state index in [9.17, 15) is 34.6 Å². The van der Waals surface area contributed by atoms with E-state index in [1.165, 1.54) is 12.1 Å². The van der Waals surface area contributed by atoms with Crippen molar-refractivity contribution in [2.24, 2.45) is 0 Å². The molecule has 0 radical (unpaired) electrons. The number of aryl methyl sites for hydroxylation is 2. The van der Waals surface area contributed by atoms with Gasteiger partial charge in [-0.05, 0) is 80.4 Å². The lowest BCUT2D eigenvalue weighted by molar-refractivity contribution is -0.394. The minimum atomic E-state index is -0.826. The maximum Gasteiger partial charge on any atom is 0.335 e. The molecular formula is C30H23N5O8. The molecule has 4 aromatic rings. The highest BCUT2D eigenvalue weighted by Crippen LogP contribution is 2.35. The van der Waals surface area contributed by atoms with Crippen LogP contribution in [0.1, 0.15) is 22.5 Å². The third kappa shape index (κ3) is 5.34. The van der Waals surface area contributed by atoms with Crippen LogP contribution in [0.3, 0.4) is 0 Å². The number of benzene rings is 3. The van der Waals surface area contributed by atoms with Crippen LogP contribution >= 0.6 is 0 Å². The zero-order chi connectivity index (χ0) is 31.0. The summed E-state index contributed by atoms with van der Waals surface area (Å²) < 4.78 is 7.53. The van der Waals surface area contributed by atoms with Gasteiger partial charge in [-0.3, -0.25) is 35.1 Å². The highest BCUT2D eigenvalue weighted by molar-refractivity contribution is 6.39. The van der Waals surface area contributed by atoms with Crippen LogP contribution in [-0.2, 0) is 9.59 Å². The maximum atomic E-state index is 13.4. The van der Waals surface area contributed by atoms with Gasteiger partial charge in [0.15, 0.2) is 0 Å². The molecule has 2 heterocycles. The van der Waals surface area contributed by atoms with Gasteiger partial charge in [-0.15, -0.1) is 0 Å². The van der Waals surface area contributed by atoms with Crippen molar-refractivity contribution in [2.75, 3.05) is 4.90 Å². The van der Waals surface area contributed by atoms with Gasteiger partial charge in [-0.25, -0.2) is 9.69 Å². The lowest BCUT2D eigenvalue weighted by atomic mass is 10.1. The predicted molar refractivity (Wildman–Crippen MR) is 155 cm³/mol. The number of hydrogen-bond acceptors (Lipinski definition) is 8. The van der Waals surface area contributed by atoms with Crippen LogP contribution < -0.4 is 15.0 Å². The number of non-ortho nitro benzene ring substituents is 1. The van der Waals surface area contributed by atoms with Crippen molar-refractivity contribution in [3.63, 3.8) is 0 Å². The Morgan fingerprint density at radius 1 is 0.860 bits per heavy atom. The molecule has 13 heteroatoms. The highest BCUT2D eigenvalue weighted by atomic mass is 16.6. The number of urea groups is 1. The molecule has 0 spiro atoms. The number of para-hydroxylation sites is 1. The Hall–Kier alpha value is -6.11. The first-order valence-electron chi connectivity index (χ1n) is 12.8. The number of anilines is 1. The van der Waals surface area contributed by atoms with Gasteiger partial charge in [-0.2, -0.15) is 0 Å². The van der Waals surface area contributed by atoms with E-state index in [0.29, 0.717) is 28.2 Å².